The minimum Gasteiger partial charge on any atom is -0.481 e. The number of carbonyl (C=O) groups is 3. The van der Waals surface area contributed by atoms with Gasteiger partial charge in [0.2, 0.25) is 17.7 Å². The minimum absolute atomic E-state index is 0.0689. The molecule has 2 atom stereocenters. The van der Waals surface area contributed by atoms with Crippen molar-refractivity contribution < 1.29 is 32.7 Å². The topological polar surface area (TPSA) is 77.9 Å². The van der Waals surface area contributed by atoms with Gasteiger partial charge in [0.25, 0.3) is 0 Å². The van der Waals surface area contributed by atoms with Crippen LogP contribution in [0.5, 0.6) is 0 Å². The molecule has 2 aromatic rings. The maximum atomic E-state index is 14.3. The second kappa shape index (κ2) is 11.2. The molecule has 204 valence electrons. The molecule has 4 rings (SSSR count). The number of likely N-dealkylation sites (tertiary alicyclic amines) is 1. The first-order valence-electron chi connectivity index (χ1n) is 13.0. The van der Waals surface area contributed by atoms with Gasteiger partial charge in [0.1, 0.15) is 5.82 Å². The molecule has 2 amide bonds. The van der Waals surface area contributed by atoms with Crippen molar-refractivity contribution in [2.45, 2.75) is 69.8 Å². The van der Waals surface area contributed by atoms with Crippen molar-refractivity contribution >= 4 is 23.5 Å². The number of anilines is 1. The first kappa shape index (κ1) is 27.7. The van der Waals surface area contributed by atoms with Crippen LogP contribution in [-0.4, -0.2) is 52.8 Å². The number of carboxylic acids is 1. The van der Waals surface area contributed by atoms with Crippen molar-refractivity contribution in [3.8, 4) is 0 Å². The fraction of sp³-hybridized carbons (Fsp3) is 0.483. The number of rotatable bonds is 7. The highest BCUT2D eigenvalue weighted by atomic mass is 19.3. The van der Waals surface area contributed by atoms with Gasteiger partial charge < -0.3 is 14.9 Å². The molecule has 1 heterocycles. The van der Waals surface area contributed by atoms with E-state index in [-0.39, 0.29) is 51.1 Å². The van der Waals surface area contributed by atoms with Crippen molar-refractivity contribution in [3.63, 3.8) is 0 Å². The van der Waals surface area contributed by atoms with Gasteiger partial charge in [0.05, 0.1) is 11.3 Å². The van der Waals surface area contributed by atoms with E-state index in [1.807, 2.05) is 0 Å². The van der Waals surface area contributed by atoms with Crippen LogP contribution in [0, 0.1) is 11.2 Å². The zero-order valence-electron chi connectivity index (χ0n) is 21.4. The van der Waals surface area contributed by atoms with Crippen molar-refractivity contribution in [2.75, 3.05) is 18.0 Å². The molecule has 0 radical (unpaired) electrons. The summed E-state index contributed by atoms with van der Waals surface area (Å²) in [6.07, 6.45) is -0.188. The molecule has 1 N–H and O–H groups in total. The fourth-order valence-corrected chi connectivity index (χ4v) is 5.68. The van der Waals surface area contributed by atoms with Crippen LogP contribution in [0.3, 0.4) is 0 Å². The average molecular weight is 531 g/mol. The molecular formula is C29H33F3N2O4. The van der Waals surface area contributed by atoms with Gasteiger partial charge in [0, 0.05) is 44.1 Å². The number of hydrogen-bond acceptors (Lipinski definition) is 3. The third-order valence-corrected chi connectivity index (χ3v) is 8.00. The molecule has 9 heteroatoms. The highest BCUT2D eigenvalue weighted by molar-refractivity contribution is 5.97. The summed E-state index contributed by atoms with van der Waals surface area (Å²) in [7, 11) is 0. The van der Waals surface area contributed by atoms with E-state index in [1.165, 1.54) is 17.0 Å². The van der Waals surface area contributed by atoms with Crippen molar-refractivity contribution in [1.29, 1.82) is 0 Å². The molecule has 1 unspecified atom stereocenters. The summed E-state index contributed by atoms with van der Waals surface area (Å²) in [5.41, 5.74) is -0.275. The van der Waals surface area contributed by atoms with Gasteiger partial charge in [-0.1, -0.05) is 30.3 Å². The number of carbonyl (C=O) groups excluding carboxylic acids is 2. The van der Waals surface area contributed by atoms with Gasteiger partial charge in [-0.15, -0.1) is 0 Å². The summed E-state index contributed by atoms with van der Waals surface area (Å²) in [5.74, 6) is -5.64. The van der Waals surface area contributed by atoms with E-state index >= 15 is 0 Å². The summed E-state index contributed by atoms with van der Waals surface area (Å²) in [6, 6.07) is 13.5. The summed E-state index contributed by atoms with van der Waals surface area (Å²) < 4.78 is 41.9. The Morgan fingerprint density at radius 2 is 1.66 bits per heavy atom. The zero-order chi connectivity index (χ0) is 27.5. The lowest BCUT2D eigenvalue weighted by atomic mass is 9.74. The normalized spacial score (nSPS) is 21.4. The number of amides is 2. The smallest absolute Gasteiger partial charge is 0.310 e. The molecule has 2 aliphatic rings. The molecule has 38 heavy (non-hydrogen) atoms. The van der Waals surface area contributed by atoms with E-state index in [1.54, 1.807) is 54.3 Å². The van der Waals surface area contributed by atoms with Gasteiger partial charge in [-0.25, -0.2) is 13.2 Å². The number of alkyl halides is 2. The molecule has 1 saturated heterocycles. The molecule has 0 spiro atoms. The number of nitrogens with zero attached hydrogens (tertiary/aromatic N) is 2. The van der Waals surface area contributed by atoms with Crippen molar-refractivity contribution in [1.82, 2.24) is 4.90 Å². The number of aliphatic carboxylic acids is 1. The van der Waals surface area contributed by atoms with Gasteiger partial charge in [-0.2, -0.15) is 0 Å². The molecular weight excluding hydrogens is 497 g/mol. The van der Waals surface area contributed by atoms with Gasteiger partial charge in [-0.05, 0) is 62.4 Å². The molecule has 1 aliphatic heterocycles. The van der Waals surface area contributed by atoms with Gasteiger partial charge in [-0.3, -0.25) is 14.4 Å². The van der Waals surface area contributed by atoms with Crippen molar-refractivity contribution in [3.05, 3.63) is 66.0 Å². The number of benzene rings is 2. The maximum absolute atomic E-state index is 14.3. The van der Waals surface area contributed by atoms with Crippen LogP contribution in [-0.2, 0) is 14.4 Å². The van der Waals surface area contributed by atoms with Gasteiger partial charge in [0.15, 0.2) is 0 Å². The Kier molecular flexibility index (Phi) is 8.13. The quantitative estimate of drug-likeness (QED) is 0.504. The Labute approximate surface area is 220 Å². The Morgan fingerprint density at radius 1 is 1.03 bits per heavy atom. The lowest BCUT2D eigenvalue weighted by Crippen LogP contribution is -2.52. The predicted octanol–water partition coefficient (Wildman–Crippen LogP) is 5.62. The molecule has 0 aromatic heterocycles. The Morgan fingerprint density at radius 3 is 2.24 bits per heavy atom. The van der Waals surface area contributed by atoms with Crippen LogP contribution in [0.25, 0.3) is 0 Å². The SMILES string of the molecule is C[C@@H](C(=O)N1CCC(CC(=O)N(c2ccccc2)C2CCCC(F)(F)C2)(C(=O)O)CC1)c1ccc(F)cc1. The lowest BCUT2D eigenvalue weighted by molar-refractivity contribution is -0.157. The summed E-state index contributed by atoms with van der Waals surface area (Å²) in [6.45, 7) is 2.02. The van der Waals surface area contributed by atoms with E-state index in [4.69, 9.17) is 0 Å². The molecule has 2 aromatic carbocycles. The monoisotopic (exact) mass is 530 g/mol. The molecule has 1 aliphatic carbocycles. The molecule has 1 saturated carbocycles. The highest BCUT2D eigenvalue weighted by Gasteiger charge is 2.47. The second-order valence-corrected chi connectivity index (χ2v) is 10.6. The van der Waals surface area contributed by atoms with Crippen LogP contribution < -0.4 is 4.90 Å². The van der Waals surface area contributed by atoms with Crippen LogP contribution in [0.1, 0.15) is 63.4 Å². The summed E-state index contributed by atoms with van der Waals surface area (Å²) >= 11 is 0. The average Bonchev–Trinajstić information content (AvgIpc) is 2.89. The number of hydrogen-bond donors (Lipinski definition) is 1. The molecule has 2 fully saturated rings. The maximum Gasteiger partial charge on any atom is 0.310 e. The van der Waals surface area contributed by atoms with Crippen LogP contribution >= 0.6 is 0 Å². The van der Waals surface area contributed by atoms with Crippen molar-refractivity contribution in [2.24, 2.45) is 5.41 Å². The van der Waals surface area contributed by atoms with Crippen LogP contribution in [0.15, 0.2) is 54.6 Å². The van der Waals surface area contributed by atoms with E-state index < -0.39 is 47.4 Å². The Bertz CT molecular complexity index is 1150. The number of piperidine rings is 1. The van der Waals surface area contributed by atoms with Gasteiger partial charge >= 0.3 is 5.97 Å². The number of para-hydroxylation sites is 1. The van der Waals surface area contributed by atoms with E-state index in [0.717, 1.165) is 0 Å². The molecule has 6 nitrogen and oxygen atoms in total. The first-order valence-corrected chi connectivity index (χ1v) is 13.0. The highest BCUT2D eigenvalue weighted by Crippen LogP contribution is 2.41. The van der Waals surface area contributed by atoms with E-state index in [9.17, 15) is 32.7 Å². The number of halogens is 3. The zero-order valence-corrected chi connectivity index (χ0v) is 21.4. The Hall–Kier alpha value is -3.36. The second-order valence-electron chi connectivity index (χ2n) is 10.6. The Balaban J connectivity index is 1.49. The van der Waals surface area contributed by atoms with Crippen LogP contribution in [0.2, 0.25) is 0 Å². The lowest BCUT2D eigenvalue weighted by Gasteiger charge is -2.42. The van der Waals surface area contributed by atoms with E-state index in [2.05, 4.69) is 0 Å². The van der Waals surface area contributed by atoms with Crippen LogP contribution in [0.4, 0.5) is 18.9 Å². The predicted molar refractivity (Wildman–Crippen MR) is 136 cm³/mol. The largest absolute Gasteiger partial charge is 0.481 e. The summed E-state index contributed by atoms with van der Waals surface area (Å²) in [5, 5.41) is 10.2. The summed E-state index contributed by atoms with van der Waals surface area (Å²) in [4.78, 5) is 42.2. The first-order chi connectivity index (χ1) is 18.0. The standard InChI is InChI=1S/C29H33F3N2O4/c1-20(21-9-11-22(30)12-10-21)26(36)33-16-14-28(15-17-33,27(37)38)19-25(35)34(23-6-3-2-4-7-23)24-8-5-13-29(31,32)18-24/h2-4,6-7,9-12,20,24H,5,8,13-19H2,1H3,(H,37,38)/t20-,24?/m1/s1. The minimum atomic E-state index is -2.88. The molecule has 0 bridgehead atoms. The number of carboxylic acid groups (broad SMARTS) is 1. The van der Waals surface area contributed by atoms with E-state index in [0.29, 0.717) is 17.7 Å². The third-order valence-electron chi connectivity index (χ3n) is 8.00. The third kappa shape index (κ3) is 6.03. The fourth-order valence-electron chi connectivity index (χ4n) is 5.68.